The van der Waals surface area contributed by atoms with E-state index in [9.17, 15) is 14.0 Å². The fraction of sp³-hybridized carbons (Fsp3) is 0.833. The highest BCUT2D eigenvalue weighted by Crippen LogP contribution is 2.23. The Morgan fingerprint density at radius 3 is 2.56 bits per heavy atom. The minimum atomic E-state index is -1.92. The molecule has 0 radical (unpaired) electrons. The Kier molecular flexibility index (Phi) is 4.53. The number of rotatable bonds is 2. The average molecular weight is 261 g/mol. The summed E-state index contributed by atoms with van der Waals surface area (Å²) >= 11 is 0. The zero-order valence-corrected chi connectivity index (χ0v) is 11.0. The molecule has 104 valence electrons. The van der Waals surface area contributed by atoms with Gasteiger partial charge in [-0.3, -0.25) is 0 Å². The van der Waals surface area contributed by atoms with Gasteiger partial charge in [-0.25, -0.2) is 14.0 Å². The van der Waals surface area contributed by atoms with Crippen LogP contribution in [0.25, 0.3) is 0 Å². The summed E-state index contributed by atoms with van der Waals surface area (Å²) in [6.07, 6.45) is -1.36. The predicted octanol–water partition coefficient (Wildman–Crippen LogP) is 2.06. The SMILES string of the molecule is CC(C)(C)OC(=O)N1CCCC(C(F)C(=O)O)C1. The number of aliphatic carboxylic acids is 1. The molecule has 6 heteroatoms. The first-order valence-corrected chi connectivity index (χ1v) is 6.05. The second-order valence-corrected chi connectivity index (χ2v) is 5.57. The standard InChI is InChI=1S/C12H20FNO4/c1-12(2,3)18-11(17)14-6-4-5-8(7-14)9(13)10(15)16/h8-9H,4-7H2,1-3H3,(H,15,16). The highest BCUT2D eigenvalue weighted by atomic mass is 19.1. The first-order chi connectivity index (χ1) is 8.20. The molecule has 1 rings (SSSR count). The van der Waals surface area contributed by atoms with Gasteiger partial charge < -0.3 is 14.7 Å². The highest BCUT2D eigenvalue weighted by Gasteiger charge is 2.34. The number of likely N-dealkylation sites (tertiary alicyclic amines) is 1. The van der Waals surface area contributed by atoms with Crippen molar-refractivity contribution >= 4 is 12.1 Å². The molecule has 0 bridgehead atoms. The number of nitrogens with zero attached hydrogens (tertiary/aromatic N) is 1. The summed E-state index contributed by atoms with van der Waals surface area (Å²) in [5, 5.41) is 8.64. The molecular formula is C12H20FNO4. The van der Waals surface area contributed by atoms with Crippen molar-refractivity contribution in [2.75, 3.05) is 13.1 Å². The number of amides is 1. The largest absolute Gasteiger partial charge is 0.479 e. The molecular weight excluding hydrogens is 241 g/mol. The van der Waals surface area contributed by atoms with E-state index in [1.54, 1.807) is 20.8 Å². The summed E-state index contributed by atoms with van der Waals surface area (Å²) < 4.78 is 18.6. The molecule has 1 N–H and O–H groups in total. The minimum Gasteiger partial charge on any atom is -0.479 e. The summed E-state index contributed by atoms with van der Waals surface area (Å²) in [6, 6.07) is 0. The van der Waals surface area contributed by atoms with Crippen molar-refractivity contribution in [3.8, 4) is 0 Å². The lowest BCUT2D eigenvalue weighted by Gasteiger charge is -2.34. The van der Waals surface area contributed by atoms with E-state index in [1.807, 2.05) is 0 Å². The lowest BCUT2D eigenvalue weighted by Crippen LogP contribution is -2.46. The van der Waals surface area contributed by atoms with Gasteiger partial charge >= 0.3 is 12.1 Å². The normalized spacial score (nSPS) is 22.4. The number of hydrogen-bond donors (Lipinski definition) is 1. The first kappa shape index (κ1) is 14.7. The molecule has 0 aromatic rings. The number of carboxylic acids is 1. The molecule has 0 saturated carbocycles. The smallest absolute Gasteiger partial charge is 0.410 e. The predicted molar refractivity (Wildman–Crippen MR) is 63.1 cm³/mol. The van der Waals surface area contributed by atoms with Crippen LogP contribution in [0.3, 0.4) is 0 Å². The molecule has 0 aromatic carbocycles. The number of piperidine rings is 1. The molecule has 1 heterocycles. The van der Waals surface area contributed by atoms with Crippen molar-refractivity contribution in [3.05, 3.63) is 0 Å². The second-order valence-electron chi connectivity index (χ2n) is 5.57. The number of hydrogen-bond acceptors (Lipinski definition) is 3. The number of alkyl halides is 1. The van der Waals surface area contributed by atoms with Crippen LogP contribution in [0, 0.1) is 5.92 Å². The van der Waals surface area contributed by atoms with Gasteiger partial charge in [0, 0.05) is 19.0 Å². The average Bonchev–Trinajstić information content (AvgIpc) is 2.25. The van der Waals surface area contributed by atoms with Crippen molar-refractivity contribution < 1.29 is 23.8 Å². The van der Waals surface area contributed by atoms with Crippen molar-refractivity contribution in [2.24, 2.45) is 5.92 Å². The number of carboxylic acid groups (broad SMARTS) is 1. The van der Waals surface area contributed by atoms with Crippen LogP contribution in [0.1, 0.15) is 33.6 Å². The summed E-state index contributed by atoms with van der Waals surface area (Å²) in [5.41, 5.74) is -0.605. The third kappa shape index (κ3) is 4.16. The van der Waals surface area contributed by atoms with Crippen LogP contribution in [0.15, 0.2) is 0 Å². The molecule has 1 fully saturated rings. The maximum atomic E-state index is 13.4. The van der Waals surface area contributed by atoms with Gasteiger partial charge in [0.15, 0.2) is 0 Å². The van der Waals surface area contributed by atoms with Crippen LogP contribution < -0.4 is 0 Å². The molecule has 2 unspecified atom stereocenters. The number of carbonyl (C=O) groups is 2. The van der Waals surface area contributed by atoms with Gasteiger partial charge in [-0.05, 0) is 33.6 Å². The molecule has 0 spiro atoms. The summed E-state index contributed by atoms with van der Waals surface area (Å²) in [7, 11) is 0. The van der Waals surface area contributed by atoms with Crippen LogP contribution in [0.4, 0.5) is 9.18 Å². The lowest BCUT2D eigenvalue weighted by atomic mass is 9.93. The third-order valence-electron chi connectivity index (χ3n) is 2.76. The van der Waals surface area contributed by atoms with Crippen molar-refractivity contribution in [3.63, 3.8) is 0 Å². The second kappa shape index (κ2) is 5.54. The fourth-order valence-electron chi connectivity index (χ4n) is 1.94. The monoisotopic (exact) mass is 261 g/mol. The zero-order chi connectivity index (χ0) is 13.9. The van der Waals surface area contributed by atoms with E-state index in [0.29, 0.717) is 19.4 Å². The van der Waals surface area contributed by atoms with E-state index in [4.69, 9.17) is 9.84 Å². The van der Waals surface area contributed by atoms with Crippen LogP contribution in [0.2, 0.25) is 0 Å². The van der Waals surface area contributed by atoms with E-state index in [2.05, 4.69) is 0 Å². The molecule has 0 aromatic heterocycles. The minimum absolute atomic E-state index is 0.0996. The molecule has 5 nitrogen and oxygen atoms in total. The first-order valence-electron chi connectivity index (χ1n) is 6.05. The van der Waals surface area contributed by atoms with Gasteiger partial charge in [0.25, 0.3) is 0 Å². The van der Waals surface area contributed by atoms with Gasteiger partial charge in [-0.2, -0.15) is 0 Å². The van der Waals surface area contributed by atoms with Gasteiger partial charge in [-0.15, -0.1) is 0 Å². The van der Waals surface area contributed by atoms with Gasteiger partial charge in [0.05, 0.1) is 0 Å². The summed E-state index contributed by atoms with van der Waals surface area (Å²) in [6.45, 7) is 5.84. The van der Waals surface area contributed by atoms with Crippen molar-refractivity contribution in [1.82, 2.24) is 4.90 Å². The van der Waals surface area contributed by atoms with Crippen molar-refractivity contribution in [1.29, 1.82) is 0 Å². The number of carbonyl (C=O) groups excluding carboxylic acids is 1. The quantitative estimate of drug-likeness (QED) is 0.826. The molecule has 1 amide bonds. The Morgan fingerprint density at radius 2 is 2.06 bits per heavy atom. The van der Waals surface area contributed by atoms with Crippen LogP contribution in [-0.2, 0) is 9.53 Å². The van der Waals surface area contributed by atoms with Crippen molar-refractivity contribution in [2.45, 2.75) is 45.4 Å². The van der Waals surface area contributed by atoms with E-state index in [1.165, 1.54) is 4.90 Å². The molecule has 1 aliphatic heterocycles. The van der Waals surface area contributed by atoms with Crippen LogP contribution in [0.5, 0.6) is 0 Å². The Labute approximate surface area is 106 Å². The topological polar surface area (TPSA) is 66.8 Å². The molecule has 1 saturated heterocycles. The van der Waals surface area contributed by atoms with Crippen LogP contribution in [-0.4, -0.2) is 46.9 Å². The van der Waals surface area contributed by atoms with Gasteiger partial charge in [0.2, 0.25) is 6.17 Å². The maximum absolute atomic E-state index is 13.4. The van der Waals surface area contributed by atoms with E-state index in [-0.39, 0.29) is 6.54 Å². The summed E-state index contributed by atoms with van der Waals surface area (Å²) in [5.74, 6) is -2.12. The molecule has 2 atom stereocenters. The van der Waals surface area contributed by atoms with E-state index in [0.717, 1.165) is 0 Å². The van der Waals surface area contributed by atoms with Crippen LogP contribution >= 0.6 is 0 Å². The number of ether oxygens (including phenoxy) is 1. The highest BCUT2D eigenvalue weighted by molar-refractivity contribution is 5.73. The van der Waals surface area contributed by atoms with Gasteiger partial charge in [-0.1, -0.05) is 0 Å². The van der Waals surface area contributed by atoms with Gasteiger partial charge in [0.1, 0.15) is 5.60 Å². The Morgan fingerprint density at radius 1 is 1.44 bits per heavy atom. The molecule has 18 heavy (non-hydrogen) atoms. The maximum Gasteiger partial charge on any atom is 0.410 e. The molecule has 1 aliphatic rings. The summed E-state index contributed by atoms with van der Waals surface area (Å²) in [4.78, 5) is 23.8. The number of halogens is 1. The Balaban J connectivity index is 2.58. The molecule has 0 aliphatic carbocycles. The lowest BCUT2D eigenvalue weighted by molar-refractivity contribution is -0.145. The Bertz CT molecular complexity index is 327. The third-order valence-corrected chi connectivity index (χ3v) is 2.76. The Hall–Kier alpha value is -1.33. The van der Waals surface area contributed by atoms with E-state index < -0.39 is 29.8 Å². The van der Waals surface area contributed by atoms with E-state index >= 15 is 0 Å². The zero-order valence-electron chi connectivity index (χ0n) is 11.0. The fourth-order valence-corrected chi connectivity index (χ4v) is 1.94.